The van der Waals surface area contributed by atoms with Gasteiger partial charge in [0, 0.05) is 15.8 Å². The molecule has 0 aromatic heterocycles. The molecular formula is C26H19BrFN3O2S. The fraction of sp³-hybridized carbons (Fsp3) is 0.115. The van der Waals surface area contributed by atoms with E-state index in [1.54, 1.807) is 24.3 Å². The number of halogens is 2. The maximum atomic E-state index is 13.6. The minimum atomic E-state index is -0.622. The van der Waals surface area contributed by atoms with Crippen molar-refractivity contribution in [3.8, 4) is 6.07 Å². The number of anilines is 2. The van der Waals surface area contributed by atoms with Crippen LogP contribution in [0.25, 0.3) is 0 Å². The minimum Gasteiger partial charge on any atom is -0.321 e. The van der Waals surface area contributed by atoms with E-state index in [2.05, 4.69) is 21.2 Å². The van der Waals surface area contributed by atoms with Gasteiger partial charge in [-0.25, -0.2) is 4.39 Å². The lowest BCUT2D eigenvalue weighted by Gasteiger charge is -2.18. The number of hydrogen-bond acceptors (Lipinski definition) is 4. The van der Waals surface area contributed by atoms with Crippen LogP contribution in [-0.4, -0.2) is 17.1 Å². The molecule has 5 nitrogen and oxygen atoms in total. The Labute approximate surface area is 209 Å². The Balaban J connectivity index is 1.73. The summed E-state index contributed by atoms with van der Waals surface area (Å²) in [5.41, 5.74) is 2.78. The number of nitrogens with one attached hydrogen (secondary N) is 1. The van der Waals surface area contributed by atoms with Crippen molar-refractivity contribution in [1.29, 1.82) is 5.26 Å². The van der Waals surface area contributed by atoms with Crippen LogP contribution < -0.4 is 10.2 Å². The van der Waals surface area contributed by atoms with Crippen LogP contribution >= 0.6 is 27.7 Å². The molecule has 8 heteroatoms. The first-order valence-electron chi connectivity index (χ1n) is 10.4. The smallest absolute Gasteiger partial charge is 0.269 e. The van der Waals surface area contributed by atoms with Gasteiger partial charge in [0.15, 0.2) is 0 Å². The van der Waals surface area contributed by atoms with Crippen molar-refractivity contribution in [2.75, 3.05) is 10.2 Å². The first-order valence-corrected chi connectivity index (χ1v) is 12.1. The molecule has 2 amide bonds. The third-order valence-electron chi connectivity index (χ3n) is 5.36. The number of carbonyl (C=O) groups is 2. The molecule has 1 atom stereocenters. The van der Waals surface area contributed by atoms with Gasteiger partial charge in [0.25, 0.3) is 5.91 Å². The highest BCUT2D eigenvalue weighted by molar-refractivity contribution is 9.10. The van der Waals surface area contributed by atoms with Crippen molar-refractivity contribution in [3.05, 3.63) is 105 Å². The molecule has 4 rings (SSSR count). The summed E-state index contributed by atoms with van der Waals surface area (Å²) in [5.74, 6) is -1.33. The van der Waals surface area contributed by atoms with Crippen LogP contribution in [0.4, 0.5) is 15.8 Å². The second kappa shape index (κ2) is 10.2. The summed E-state index contributed by atoms with van der Waals surface area (Å²) in [6.07, 6.45) is 0.435. The van der Waals surface area contributed by atoms with Gasteiger partial charge in [-0.3, -0.25) is 14.5 Å². The molecule has 34 heavy (non-hydrogen) atoms. The van der Waals surface area contributed by atoms with E-state index in [0.717, 1.165) is 15.6 Å². The first-order chi connectivity index (χ1) is 16.4. The normalized spacial score (nSPS) is 16.8. The Bertz CT molecular complexity index is 1320. The Morgan fingerprint density at radius 3 is 2.44 bits per heavy atom. The van der Waals surface area contributed by atoms with E-state index in [1.165, 1.54) is 40.9 Å². The second-order valence-electron chi connectivity index (χ2n) is 7.64. The molecular weight excluding hydrogens is 517 g/mol. The summed E-state index contributed by atoms with van der Waals surface area (Å²) in [6, 6.07) is 22.1. The Hall–Kier alpha value is -3.41. The molecule has 0 spiro atoms. The van der Waals surface area contributed by atoms with Crippen molar-refractivity contribution in [2.45, 2.75) is 18.6 Å². The topological polar surface area (TPSA) is 73.2 Å². The zero-order valence-electron chi connectivity index (χ0n) is 18.1. The lowest BCUT2D eigenvalue weighted by molar-refractivity contribution is -0.117. The lowest BCUT2D eigenvalue weighted by atomic mass is 10.0. The van der Waals surface area contributed by atoms with Crippen LogP contribution in [-0.2, 0) is 16.0 Å². The zero-order valence-corrected chi connectivity index (χ0v) is 20.5. The molecule has 3 aromatic rings. The molecule has 0 unspecified atom stereocenters. The molecule has 1 N–H and O–H groups in total. The van der Waals surface area contributed by atoms with Crippen LogP contribution in [0.2, 0.25) is 0 Å². The molecule has 1 aliphatic heterocycles. The van der Waals surface area contributed by atoms with Crippen LogP contribution in [0.3, 0.4) is 0 Å². The summed E-state index contributed by atoms with van der Waals surface area (Å²) >= 11 is 4.52. The molecule has 1 fully saturated rings. The number of benzene rings is 3. The highest BCUT2D eigenvalue weighted by Gasteiger charge is 2.41. The monoisotopic (exact) mass is 535 g/mol. The highest BCUT2D eigenvalue weighted by Crippen LogP contribution is 2.42. The third kappa shape index (κ3) is 5.06. The van der Waals surface area contributed by atoms with E-state index in [0.29, 0.717) is 17.8 Å². The van der Waals surface area contributed by atoms with E-state index in [9.17, 15) is 19.2 Å². The van der Waals surface area contributed by atoms with Crippen molar-refractivity contribution in [2.24, 2.45) is 0 Å². The summed E-state index contributed by atoms with van der Waals surface area (Å²) in [4.78, 5) is 27.9. The molecule has 1 saturated heterocycles. The van der Waals surface area contributed by atoms with E-state index >= 15 is 0 Å². The number of thioether (sulfide) groups is 1. The molecule has 3 aromatic carbocycles. The molecule has 0 bridgehead atoms. The van der Waals surface area contributed by atoms with E-state index in [4.69, 9.17) is 0 Å². The van der Waals surface area contributed by atoms with Gasteiger partial charge in [0.05, 0.1) is 5.25 Å². The molecule has 1 heterocycles. The predicted octanol–water partition coefficient (Wildman–Crippen LogP) is 5.96. The van der Waals surface area contributed by atoms with Gasteiger partial charge in [-0.05, 0) is 73.0 Å². The van der Waals surface area contributed by atoms with Crippen LogP contribution in [0.5, 0.6) is 0 Å². The average Bonchev–Trinajstić information content (AvgIpc) is 3.13. The highest BCUT2D eigenvalue weighted by atomic mass is 79.9. The number of hydrogen-bond donors (Lipinski definition) is 1. The minimum absolute atomic E-state index is 0.183. The Morgan fingerprint density at radius 2 is 1.79 bits per heavy atom. The lowest BCUT2D eigenvalue weighted by Crippen LogP contribution is -2.31. The van der Waals surface area contributed by atoms with Crippen molar-refractivity contribution in [3.63, 3.8) is 0 Å². The standard InChI is InChI=1S/C26H19BrFN3O2S/c1-16-4-2-3-5-17(16)14-23-25(33)31(21-12-8-19(28)9-13-21)26(34-23)22(15-29)24(32)30-20-10-6-18(27)7-11-20/h2-13,23H,14H2,1H3,(H,30,32)/b26-22-/t23-/m0/s1. The van der Waals surface area contributed by atoms with Gasteiger partial charge in [-0.15, -0.1) is 0 Å². The largest absolute Gasteiger partial charge is 0.321 e. The third-order valence-corrected chi connectivity index (χ3v) is 7.15. The molecule has 0 saturated carbocycles. The fourth-order valence-electron chi connectivity index (χ4n) is 3.58. The van der Waals surface area contributed by atoms with Gasteiger partial charge < -0.3 is 5.32 Å². The summed E-state index contributed by atoms with van der Waals surface area (Å²) in [5, 5.41) is 12.3. The quantitative estimate of drug-likeness (QED) is 0.323. The van der Waals surface area contributed by atoms with Crippen molar-refractivity contribution < 1.29 is 14.0 Å². The van der Waals surface area contributed by atoms with Crippen LogP contribution in [0.1, 0.15) is 11.1 Å². The van der Waals surface area contributed by atoms with Gasteiger partial charge in [-0.2, -0.15) is 5.26 Å². The van der Waals surface area contributed by atoms with Crippen molar-refractivity contribution >= 4 is 50.9 Å². The van der Waals surface area contributed by atoms with Crippen molar-refractivity contribution in [1.82, 2.24) is 0 Å². The molecule has 0 aliphatic carbocycles. The predicted molar refractivity (Wildman–Crippen MR) is 136 cm³/mol. The van der Waals surface area contributed by atoms with E-state index < -0.39 is 17.0 Å². The molecule has 1 aliphatic rings. The Morgan fingerprint density at radius 1 is 1.12 bits per heavy atom. The number of carbonyl (C=O) groups excluding carboxylic acids is 2. The zero-order chi connectivity index (χ0) is 24.2. The van der Waals surface area contributed by atoms with E-state index in [-0.39, 0.29) is 16.5 Å². The maximum absolute atomic E-state index is 13.6. The Kier molecular flexibility index (Phi) is 7.15. The van der Waals surface area contributed by atoms with Gasteiger partial charge >= 0.3 is 0 Å². The summed E-state index contributed by atoms with van der Waals surface area (Å²) < 4.78 is 14.4. The number of nitriles is 1. The average molecular weight is 536 g/mol. The number of amides is 2. The second-order valence-corrected chi connectivity index (χ2v) is 9.75. The summed E-state index contributed by atoms with van der Waals surface area (Å²) in [7, 11) is 0. The van der Waals surface area contributed by atoms with Gasteiger partial charge in [0.1, 0.15) is 22.5 Å². The van der Waals surface area contributed by atoms with Gasteiger partial charge in [-0.1, -0.05) is 52.0 Å². The van der Waals surface area contributed by atoms with Crippen LogP contribution in [0, 0.1) is 24.1 Å². The van der Waals surface area contributed by atoms with E-state index in [1.807, 2.05) is 37.3 Å². The first kappa shape index (κ1) is 23.7. The number of nitrogens with zero attached hydrogens (tertiary/aromatic N) is 2. The maximum Gasteiger partial charge on any atom is 0.269 e. The number of aryl methyl sites for hydroxylation is 1. The fourth-order valence-corrected chi connectivity index (χ4v) is 5.14. The SMILES string of the molecule is Cc1ccccc1C[C@@H]1S/C(=C(/C#N)C(=O)Nc2ccc(Br)cc2)N(c2ccc(F)cc2)C1=O. The molecule has 0 radical (unpaired) electrons. The van der Waals surface area contributed by atoms with Crippen LogP contribution in [0.15, 0.2) is 87.9 Å². The summed E-state index contributed by atoms with van der Waals surface area (Å²) in [6.45, 7) is 1.97. The molecule has 170 valence electrons. The number of rotatable bonds is 5. The van der Waals surface area contributed by atoms with Gasteiger partial charge in [0.2, 0.25) is 5.91 Å².